The fourth-order valence-corrected chi connectivity index (χ4v) is 3.06. The van der Waals surface area contributed by atoms with Gasteiger partial charge in [-0.1, -0.05) is 0 Å². The molecule has 0 aromatic carbocycles. The number of nitrogens with zero attached hydrogens (tertiary/aromatic N) is 1. The Hall–Kier alpha value is -1.37. The topological polar surface area (TPSA) is 67.9 Å². The number of esters is 1. The molecule has 2 aliphatic heterocycles. The van der Waals surface area contributed by atoms with E-state index in [9.17, 15) is 9.59 Å². The smallest absolute Gasteiger partial charge is 0.410 e. The Labute approximate surface area is 123 Å². The van der Waals surface area contributed by atoms with Crippen molar-refractivity contribution in [2.24, 2.45) is 5.41 Å². The number of hydrogen-bond donors (Lipinski definition) is 1. The highest BCUT2D eigenvalue weighted by Crippen LogP contribution is 2.46. The Morgan fingerprint density at radius 2 is 1.95 bits per heavy atom. The number of rotatable bonds is 1. The van der Waals surface area contributed by atoms with Crippen LogP contribution in [-0.4, -0.2) is 61.5 Å². The van der Waals surface area contributed by atoms with Crippen LogP contribution in [-0.2, 0) is 14.3 Å². The Morgan fingerprint density at radius 1 is 1.29 bits per heavy atom. The molecule has 2 saturated heterocycles. The lowest BCUT2D eigenvalue weighted by molar-refractivity contribution is -0.165. The van der Waals surface area contributed by atoms with Crippen LogP contribution < -0.4 is 5.32 Å². The van der Waals surface area contributed by atoms with Crippen molar-refractivity contribution in [1.29, 1.82) is 0 Å². The summed E-state index contributed by atoms with van der Waals surface area (Å²) in [7, 11) is 1.26. The van der Waals surface area contributed by atoms with Crippen LogP contribution in [0.4, 0.5) is 9.18 Å². The molecule has 0 aromatic rings. The van der Waals surface area contributed by atoms with E-state index in [2.05, 4.69) is 5.32 Å². The average molecular weight is 302 g/mol. The fraction of sp³-hybridized carbons (Fsp3) is 0.857. The molecule has 1 amide bonds. The lowest BCUT2D eigenvalue weighted by atomic mass is 9.70. The van der Waals surface area contributed by atoms with Gasteiger partial charge < -0.3 is 19.7 Å². The lowest BCUT2D eigenvalue weighted by Crippen LogP contribution is -2.62. The number of halogens is 1. The van der Waals surface area contributed by atoms with Gasteiger partial charge in [0.1, 0.15) is 11.0 Å². The van der Waals surface area contributed by atoms with Gasteiger partial charge >= 0.3 is 12.1 Å². The zero-order valence-corrected chi connectivity index (χ0v) is 13.0. The predicted molar refractivity (Wildman–Crippen MR) is 73.6 cm³/mol. The van der Waals surface area contributed by atoms with Gasteiger partial charge in [0, 0.05) is 19.6 Å². The van der Waals surface area contributed by atoms with Crippen LogP contribution >= 0.6 is 0 Å². The third-order valence-electron chi connectivity index (χ3n) is 4.17. The molecule has 1 N–H and O–H groups in total. The molecule has 0 bridgehead atoms. The minimum Gasteiger partial charge on any atom is -0.468 e. The summed E-state index contributed by atoms with van der Waals surface area (Å²) in [6.45, 7) is 5.66. The zero-order chi connectivity index (χ0) is 15.9. The largest absolute Gasteiger partial charge is 0.468 e. The number of ether oxygens (including phenoxy) is 2. The van der Waals surface area contributed by atoms with Gasteiger partial charge in [0.2, 0.25) is 0 Å². The van der Waals surface area contributed by atoms with Crippen molar-refractivity contribution in [3.05, 3.63) is 0 Å². The number of methoxy groups -OCH3 is 1. The van der Waals surface area contributed by atoms with Crippen LogP contribution in [0.5, 0.6) is 0 Å². The molecule has 0 aliphatic carbocycles. The lowest BCUT2D eigenvalue weighted by Gasteiger charge is -2.45. The number of carbonyl (C=O) groups excluding carboxylic acids is 2. The predicted octanol–water partition coefficient (Wildman–Crippen LogP) is 1.10. The number of piperidine rings is 1. The molecule has 0 saturated carbocycles. The van der Waals surface area contributed by atoms with Gasteiger partial charge in [0.15, 0.2) is 5.67 Å². The summed E-state index contributed by atoms with van der Waals surface area (Å²) < 4.78 is 25.3. The Morgan fingerprint density at radius 3 is 2.52 bits per heavy atom. The molecule has 6 nitrogen and oxygen atoms in total. The zero-order valence-electron chi connectivity index (χ0n) is 13.0. The molecule has 0 radical (unpaired) electrons. The maximum Gasteiger partial charge on any atom is 0.410 e. The van der Waals surface area contributed by atoms with Crippen molar-refractivity contribution in [3.8, 4) is 0 Å². The molecule has 2 atom stereocenters. The second kappa shape index (κ2) is 5.12. The normalized spacial score (nSPS) is 32.5. The van der Waals surface area contributed by atoms with Crippen molar-refractivity contribution >= 4 is 12.1 Å². The molecular weight excluding hydrogens is 279 g/mol. The van der Waals surface area contributed by atoms with Gasteiger partial charge in [0.25, 0.3) is 0 Å². The first-order chi connectivity index (χ1) is 9.63. The molecule has 2 heterocycles. The molecule has 2 aliphatic rings. The highest BCUT2D eigenvalue weighted by Gasteiger charge is 2.64. The van der Waals surface area contributed by atoms with Crippen molar-refractivity contribution in [3.63, 3.8) is 0 Å². The van der Waals surface area contributed by atoms with Gasteiger partial charge in [-0.05, 0) is 27.2 Å². The Bertz CT molecular complexity index is 451. The molecule has 7 heteroatoms. The number of hydrogen-bond acceptors (Lipinski definition) is 5. The first kappa shape index (κ1) is 16.0. The number of nitrogens with one attached hydrogen (secondary N) is 1. The summed E-state index contributed by atoms with van der Waals surface area (Å²) in [5.74, 6) is -0.557. The molecule has 0 aromatic heterocycles. The minimum atomic E-state index is -1.82. The van der Waals surface area contributed by atoms with Crippen molar-refractivity contribution in [2.75, 3.05) is 33.3 Å². The van der Waals surface area contributed by atoms with E-state index in [-0.39, 0.29) is 32.6 Å². The van der Waals surface area contributed by atoms with E-state index in [0.29, 0.717) is 0 Å². The molecular formula is C14H23FN2O4. The van der Waals surface area contributed by atoms with Gasteiger partial charge in [-0.25, -0.2) is 9.18 Å². The standard InChI is InChI=1S/C14H23FN2O4/c1-12(2,3)21-11(19)17-6-5-13(10(18)20-4)7-16-8-14(13,15)9-17/h16H,5-9H2,1-4H3. The first-order valence-corrected chi connectivity index (χ1v) is 7.10. The van der Waals surface area contributed by atoms with Crippen LogP contribution in [0.1, 0.15) is 27.2 Å². The van der Waals surface area contributed by atoms with Crippen molar-refractivity contribution in [2.45, 2.75) is 38.5 Å². The number of fused-ring (bicyclic) bond motifs is 1. The number of carbonyl (C=O) groups is 2. The van der Waals surface area contributed by atoms with Crippen LogP contribution in [0.3, 0.4) is 0 Å². The second-order valence-electron chi connectivity index (χ2n) is 6.79. The van der Waals surface area contributed by atoms with E-state index in [0.717, 1.165) is 0 Å². The number of amides is 1. The Kier molecular flexibility index (Phi) is 3.90. The molecule has 2 unspecified atom stereocenters. The van der Waals surface area contributed by atoms with Gasteiger partial charge in [-0.15, -0.1) is 0 Å². The molecule has 2 rings (SSSR count). The monoisotopic (exact) mass is 302 g/mol. The third kappa shape index (κ3) is 2.71. The fourth-order valence-electron chi connectivity index (χ4n) is 3.06. The summed E-state index contributed by atoms with van der Waals surface area (Å²) in [5, 5.41) is 2.91. The van der Waals surface area contributed by atoms with Crippen molar-refractivity contribution in [1.82, 2.24) is 10.2 Å². The summed E-state index contributed by atoms with van der Waals surface area (Å²) in [4.78, 5) is 25.5. The SMILES string of the molecule is COC(=O)C12CCN(C(=O)OC(C)(C)C)CC1(F)CNC2. The first-order valence-electron chi connectivity index (χ1n) is 7.10. The van der Waals surface area contributed by atoms with Crippen LogP contribution in [0.25, 0.3) is 0 Å². The maximum atomic E-state index is 15.3. The van der Waals surface area contributed by atoms with Crippen LogP contribution in [0, 0.1) is 5.41 Å². The van der Waals surface area contributed by atoms with Crippen LogP contribution in [0.2, 0.25) is 0 Å². The number of alkyl halides is 1. The Balaban J connectivity index is 2.16. The van der Waals surface area contributed by atoms with Gasteiger partial charge in [0.05, 0.1) is 13.7 Å². The summed E-state index contributed by atoms with van der Waals surface area (Å²) >= 11 is 0. The molecule has 21 heavy (non-hydrogen) atoms. The number of likely N-dealkylation sites (tertiary alicyclic amines) is 1. The van der Waals surface area contributed by atoms with E-state index in [1.165, 1.54) is 12.0 Å². The van der Waals surface area contributed by atoms with E-state index >= 15 is 4.39 Å². The highest BCUT2D eigenvalue weighted by molar-refractivity contribution is 5.80. The molecule has 2 fully saturated rings. The van der Waals surface area contributed by atoms with E-state index in [1.54, 1.807) is 20.8 Å². The maximum absolute atomic E-state index is 15.3. The minimum absolute atomic E-state index is 0.0292. The third-order valence-corrected chi connectivity index (χ3v) is 4.17. The highest BCUT2D eigenvalue weighted by atomic mass is 19.1. The quantitative estimate of drug-likeness (QED) is 0.735. The van der Waals surface area contributed by atoms with E-state index in [1.807, 2.05) is 0 Å². The van der Waals surface area contributed by atoms with Crippen molar-refractivity contribution < 1.29 is 23.5 Å². The molecule has 0 spiro atoms. The average Bonchev–Trinajstić information content (AvgIpc) is 2.72. The van der Waals surface area contributed by atoms with E-state index < -0.39 is 28.7 Å². The summed E-state index contributed by atoms with van der Waals surface area (Å²) in [6.07, 6.45) is -0.326. The van der Waals surface area contributed by atoms with Crippen LogP contribution in [0.15, 0.2) is 0 Å². The second-order valence-corrected chi connectivity index (χ2v) is 6.79. The van der Waals surface area contributed by atoms with E-state index in [4.69, 9.17) is 9.47 Å². The molecule has 120 valence electrons. The van der Waals surface area contributed by atoms with Gasteiger partial charge in [-0.3, -0.25) is 4.79 Å². The van der Waals surface area contributed by atoms with Gasteiger partial charge in [-0.2, -0.15) is 0 Å². The summed E-state index contributed by atoms with van der Waals surface area (Å²) in [6, 6.07) is 0. The summed E-state index contributed by atoms with van der Waals surface area (Å²) in [5.41, 5.74) is -3.67.